The van der Waals surface area contributed by atoms with Crippen LogP contribution in [0.2, 0.25) is 0 Å². The van der Waals surface area contributed by atoms with Crippen molar-refractivity contribution in [1.82, 2.24) is 4.98 Å². The highest BCUT2D eigenvalue weighted by atomic mass is 32.2. The van der Waals surface area contributed by atoms with Crippen LogP contribution < -0.4 is 11.5 Å². The van der Waals surface area contributed by atoms with Gasteiger partial charge in [-0.25, -0.2) is 4.98 Å². The molecule has 0 radical (unpaired) electrons. The largest absolute Gasteiger partial charge is 0.370 e. The van der Waals surface area contributed by atoms with Crippen LogP contribution in [-0.2, 0) is 0 Å². The number of nitrogens with zero attached hydrogens (tertiary/aromatic N) is 2. The second-order valence-corrected chi connectivity index (χ2v) is 4.48. The fourth-order valence-corrected chi connectivity index (χ4v) is 1.99. The first-order valence-corrected chi connectivity index (χ1v) is 5.88. The molecule has 1 atom stereocenters. The van der Waals surface area contributed by atoms with Gasteiger partial charge in [0, 0.05) is 10.6 Å². The molecule has 4 nitrogen and oxygen atoms in total. The Balaban J connectivity index is 2.80. The summed E-state index contributed by atoms with van der Waals surface area (Å²) in [6.45, 7) is 2.10. The van der Waals surface area contributed by atoms with E-state index >= 15 is 0 Å². The Morgan fingerprint density at radius 3 is 2.92 bits per heavy atom. The number of rotatable bonds is 3. The average Bonchev–Trinajstić information content (AvgIpc) is 2.50. The third-order valence-corrected chi connectivity index (χ3v) is 3.21. The van der Waals surface area contributed by atoms with Crippen LogP contribution in [0.4, 0.5) is 5.13 Å². The maximum atomic E-state index is 5.23. The number of thiazole rings is 1. The van der Waals surface area contributed by atoms with Gasteiger partial charge in [-0.1, -0.05) is 0 Å². The van der Waals surface area contributed by atoms with E-state index in [0.717, 1.165) is 5.69 Å². The molecule has 13 heavy (non-hydrogen) atoms. The van der Waals surface area contributed by atoms with Crippen LogP contribution in [-0.4, -0.2) is 17.2 Å². The van der Waals surface area contributed by atoms with E-state index in [0.29, 0.717) is 10.4 Å². The number of guanidine groups is 1. The molecule has 0 aliphatic rings. The molecule has 0 spiro atoms. The van der Waals surface area contributed by atoms with Gasteiger partial charge in [0.2, 0.25) is 5.13 Å². The average molecular weight is 216 g/mol. The quantitative estimate of drug-likeness (QED) is 0.592. The van der Waals surface area contributed by atoms with Crippen LogP contribution in [0.25, 0.3) is 0 Å². The molecule has 0 aromatic carbocycles. The van der Waals surface area contributed by atoms with Gasteiger partial charge in [0.05, 0.1) is 5.69 Å². The second-order valence-electron chi connectivity index (χ2n) is 2.47. The SMILES string of the molecule is CSC(C)c1csc(N=C(N)N)n1. The van der Waals surface area contributed by atoms with Gasteiger partial charge in [0.15, 0.2) is 5.96 Å². The number of aromatic nitrogens is 1. The minimum atomic E-state index is 0.0534. The summed E-state index contributed by atoms with van der Waals surface area (Å²) in [7, 11) is 0. The highest BCUT2D eigenvalue weighted by Gasteiger charge is 2.07. The lowest BCUT2D eigenvalue weighted by Crippen LogP contribution is -2.21. The summed E-state index contributed by atoms with van der Waals surface area (Å²) in [5.74, 6) is 0.0534. The minimum Gasteiger partial charge on any atom is -0.370 e. The maximum absolute atomic E-state index is 5.23. The Bertz CT molecular complexity index is 303. The zero-order chi connectivity index (χ0) is 9.84. The highest BCUT2D eigenvalue weighted by Crippen LogP contribution is 2.29. The molecule has 1 aromatic heterocycles. The van der Waals surface area contributed by atoms with Crippen LogP contribution in [0.5, 0.6) is 0 Å². The monoisotopic (exact) mass is 216 g/mol. The summed E-state index contributed by atoms with van der Waals surface area (Å²) < 4.78 is 0. The first-order chi connectivity index (χ1) is 6.13. The lowest BCUT2D eigenvalue weighted by Gasteiger charge is -2.01. The van der Waals surface area contributed by atoms with Crippen molar-refractivity contribution in [2.45, 2.75) is 12.2 Å². The molecule has 1 unspecified atom stereocenters. The van der Waals surface area contributed by atoms with Crippen molar-refractivity contribution >= 4 is 34.2 Å². The summed E-state index contributed by atoms with van der Waals surface area (Å²) in [5, 5.41) is 2.98. The van der Waals surface area contributed by atoms with Crippen molar-refractivity contribution in [1.29, 1.82) is 0 Å². The Kier molecular flexibility index (Phi) is 3.56. The van der Waals surface area contributed by atoms with Gasteiger partial charge >= 0.3 is 0 Å². The van der Waals surface area contributed by atoms with Gasteiger partial charge in [0.1, 0.15) is 0 Å². The van der Waals surface area contributed by atoms with E-state index in [-0.39, 0.29) is 5.96 Å². The third-order valence-electron chi connectivity index (χ3n) is 1.50. The first-order valence-electron chi connectivity index (χ1n) is 3.71. The van der Waals surface area contributed by atoms with Crippen LogP contribution in [0, 0.1) is 0 Å². The lowest BCUT2D eigenvalue weighted by molar-refractivity contribution is 1.03. The van der Waals surface area contributed by atoms with Gasteiger partial charge in [-0.2, -0.15) is 16.8 Å². The fourth-order valence-electron chi connectivity index (χ4n) is 0.745. The molecule has 72 valence electrons. The summed E-state index contributed by atoms with van der Waals surface area (Å²) in [5.41, 5.74) is 11.5. The summed E-state index contributed by atoms with van der Waals surface area (Å²) in [4.78, 5) is 8.14. The molecule has 1 rings (SSSR count). The molecule has 0 aliphatic heterocycles. The maximum Gasteiger partial charge on any atom is 0.212 e. The standard InChI is InChI=1S/C7H12N4S2/c1-4(12-2)5-3-13-7(10-5)11-6(8)9/h3-4H,1-2H3,(H4,8,9,10,11). The topological polar surface area (TPSA) is 77.3 Å². The van der Waals surface area contributed by atoms with E-state index in [1.807, 2.05) is 11.6 Å². The van der Waals surface area contributed by atoms with E-state index in [2.05, 4.69) is 16.9 Å². The normalized spacial score (nSPS) is 12.5. The van der Waals surface area contributed by atoms with E-state index < -0.39 is 0 Å². The van der Waals surface area contributed by atoms with Gasteiger partial charge in [-0.15, -0.1) is 11.3 Å². The predicted octanol–water partition coefficient (Wildman–Crippen LogP) is 1.47. The zero-order valence-electron chi connectivity index (χ0n) is 7.52. The van der Waals surface area contributed by atoms with Crippen LogP contribution in [0.15, 0.2) is 10.4 Å². The smallest absolute Gasteiger partial charge is 0.212 e. The van der Waals surface area contributed by atoms with Crippen molar-refractivity contribution < 1.29 is 0 Å². The third kappa shape index (κ3) is 2.89. The van der Waals surface area contributed by atoms with Crippen molar-refractivity contribution in [3.63, 3.8) is 0 Å². The molecule has 1 heterocycles. The molecule has 0 saturated carbocycles. The molecule has 0 fully saturated rings. The van der Waals surface area contributed by atoms with Crippen molar-refractivity contribution in [3.05, 3.63) is 11.1 Å². The Morgan fingerprint density at radius 2 is 2.38 bits per heavy atom. The molecule has 1 aromatic rings. The number of nitrogens with two attached hydrogens (primary N) is 2. The lowest BCUT2D eigenvalue weighted by atomic mass is 10.4. The fraction of sp³-hybridized carbons (Fsp3) is 0.429. The van der Waals surface area contributed by atoms with Crippen molar-refractivity contribution in [2.24, 2.45) is 16.5 Å². The molecule has 0 bridgehead atoms. The molecule has 0 amide bonds. The molecular formula is C7H12N4S2. The summed E-state index contributed by atoms with van der Waals surface area (Å²) in [6, 6.07) is 0. The van der Waals surface area contributed by atoms with Crippen molar-refractivity contribution in [2.75, 3.05) is 6.26 Å². The molecule has 4 N–H and O–H groups in total. The highest BCUT2D eigenvalue weighted by molar-refractivity contribution is 7.98. The number of hydrogen-bond donors (Lipinski definition) is 2. The number of aliphatic imine (C=N–C) groups is 1. The molecular weight excluding hydrogens is 204 g/mol. The molecule has 0 saturated heterocycles. The Hall–Kier alpha value is -0.750. The van der Waals surface area contributed by atoms with E-state index in [9.17, 15) is 0 Å². The van der Waals surface area contributed by atoms with Gasteiger partial charge in [0.25, 0.3) is 0 Å². The zero-order valence-corrected chi connectivity index (χ0v) is 9.15. The number of hydrogen-bond acceptors (Lipinski definition) is 4. The van der Waals surface area contributed by atoms with Crippen LogP contribution >= 0.6 is 23.1 Å². The Morgan fingerprint density at radius 1 is 1.69 bits per heavy atom. The van der Waals surface area contributed by atoms with Gasteiger partial charge < -0.3 is 11.5 Å². The van der Waals surface area contributed by atoms with Gasteiger partial charge in [-0.05, 0) is 13.2 Å². The summed E-state index contributed by atoms with van der Waals surface area (Å²) >= 11 is 3.19. The summed E-state index contributed by atoms with van der Waals surface area (Å²) in [6.07, 6.45) is 2.05. The Labute approximate surface area is 85.4 Å². The van der Waals surface area contributed by atoms with Crippen molar-refractivity contribution in [3.8, 4) is 0 Å². The van der Waals surface area contributed by atoms with Crippen LogP contribution in [0.3, 0.4) is 0 Å². The predicted molar refractivity (Wildman–Crippen MR) is 59.5 cm³/mol. The van der Waals surface area contributed by atoms with Crippen LogP contribution in [0.1, 0.15) is 17.9 Å². The van der Waals surface area contributed by atoms with E-state index in [4.69, 9.17) is 11.5 Å². The molecule has 0 aliphatic carbocycles. The minimum absolute atomic E-state index is 0.0534. The molecule has 6 heteroatoms. The first kappa shape index (κ1) is 10.3. The van der Waals surface area contributed by atoms with Gasteiger partial charge in [-0.3, -0.25) is 0 Å². The van der Waals surface area contributed by atoms with E-state index in [1.54, 1.807) is 11.8 Å². The number of thioether (sulfide) groups is 1. The van der Waals surface area contributed by atoms with E-state index in [1.165, 1.54) is 11.3 Å². The second kappa shape index (κ2) is 4.48.